The summed E-state index contributed by atoms with van der Waals surface area (Å²) in [4.78, 5) is 25.8. The first-order valence-electron chi connectivity index (χ1n) is 8.39. The third kappa shape index (κ3) is 3.96. The molecule has 0 unspecified atom stereocenters. The molecular formula is C18H20N2O4S2. The largest absolute Gasteiger partial charge is 0.346 e. The summed E-state index contributed by atoms with van der Waals surface area (Å²) >= 11 is 1.14. The Labute approximate surface area is 156 Å². The number of likely N-dealkylation sites (tertiary alicyclic amines) is 1. The first-order valence-corrected chi connectivity index (χ1v) is 10.8. The number of carbonyl (C=O) groups is 2. The lowest BCUT2D eigenvalue weighted by Gasteiger charge is -2.19. The molecule has 1 aromatic carbocycles. The second-order valence-corrected chi connectivity index (χ2v) is 9.39. The molecule has 2 amide bonds. The molecule has 8 heteroatoms. The lowest BCUT2D eigenvalue weighted by atomic mass is 10.1. The lowest BCUT2D eigenvalue weighted by molar-refractivity contribution is -0.145. The van der Waals surface area contributed by atoms with Crippen LogP contribution < -0.4 is 5.32 Å². The van der Waals surface area contributed by atoms with Gasteiger partial charge in [-0.2, -0.15) is 0 Å². The highest BCUT2D eigenvalue weighted by atomic mass is 32.2. The van der Waals surface area contributed by atoms with Gasteiger partial charge in [-0.1, -0.05) is 36.4 Å². The molecule has 1 saturated heterocycles. The molecule has 0 bridgehead atoms. The zero-order valence-electron chi connectivity index (χ0n) is 14.1. The van der Waals surface area contributed by atoms with Crippen LogP contribution in [0.2, 0.25) is 0 Å². The van der Waals surface area contributed by atoms with Crippen LogP contribution >= 0.6 is 11.3 Å². The maximum atomic E-state index is 13.0. The van der Waals surface area contributed by atoms with E-state index in [-0.39, 0.29) is 10.8 Å². The third-order valence-electron chi connectivity index (χ3n) is 4.36. The first-order chi connectivity index (χ1) is 12.5. The zero-order valence-corrected chi connectivity index (χ0v) is 15.8. The maximum absolute atomic E-state index is 13.0. The molecule has 2 aromatic rings. The fraction of sp³-hybridized carbons (Fsp3) is 0.333. The van der Waals surface area contributed by atoms with E-state index in [1.54, 1.807) is 47.8 Å². The molecule has 1 N–H and O–H groups in total. The quantitative estimate of drug-likeness (QED) is 0.789. The van der Waals surface area contributed by atoms with E-state index in [1.807, 2.05) is 0 Å². The van der Waals surface area contributed by atoms with Gasteiger partial charge in [0.1, 0.15) is 9.46 Å². The van der Waals surface area contributed by atoms with Gasteiger partial charge in [0, 0.05) is 19.6 Å². The number of nitrogens with one attached hydrogen (secondary N) is 1. The van der Waals surface area contributed by atoms with E-state index in [0.29, 0.717) is 18.7 Å². The summed E-state index contributed by atoms with van der Waals surface area (Å²) in [6.07, 6.45) is 1.77. The van der Waals surface area contributed by atoms with Crippen molar-refractivity contribution in [3.63, 3.8) is 0 Å². The molecule has 1 aliphatic rings. The van der Waals surface area contributed by atoms with Crippen LogP contribution in [0.1, 0.15) is 23.7 Å². The summed E-state index contributed by atoms with van der Waals surface area (Å²) < 4.78 is 26.2. The molecule has 2 heterocycles. The molecule has 1 atom stereocenters. The van der Waals surface area contributed by atoms with Crippen molar-refractivity contribution in [2.24, 2.45) is 0 Å². The van der Waals surface area contributed by atoms with Crippen LogP contribution in [-0.4, -0.2) is 44.8 Å². The number of sulfone groups is 1. The summed E-state index contributed by atoms with van der Waals surface area (Å²) in [7, 11) is -3.67. The van der Waals surface area contributed by atoms with E-state index in [9.17, 15) is 18.0 Å². The average molecular weight is 393 g/mol. The van der Waals surface area contributed by atoms with Gasteiger partial charge in [0.2, 0.25) is 0 Å². The molecule has 1 aromatic heterocycles. The van der Waals surface area contributed by atoms with E-state index in [0.717, 1.165) is 24.2 Å². The van der Waals surface area contributed by atoms with Gasteiger partial charge in [0.25, 0.3) is 0 Å². The fourth-order valence-electron chi connectivity index (χ4n) is 2.96. The summed E-state index contributed by atoms with van der Waals surface area (Å²) in [5, 5.41) is 3.27. The minimum absolute atomic E-state index is 0.150. The number of rotatable bonds is 5. The third-order valence-corrected chi connectivity index (χ3v) is 7.89. The van der Waals surface area contributed by atoms with Gasteiger partial charge in [0.05, 0.1) is 0 Å². The fourth-order valence-corrected chi connectivity index (χ4v) is 5.83. The number of hydrogen-bond donors (Lipinski definition) is 1. The van der Waals surface area contributed by atoms with Crippen LogP contribution in [0.15, 0.2) is 52.1 Å². The minimum atomic E-state index is -3.67. The molecule has 138 valence electrons. The smallest absolute Gasteiger partial charge is 0.311 e. The summed E-state index contributed by atoms with van der Waals surface area (Å²) in [6, 6.07) is 12.0. The molecule has 3 rings (SSSR count). The van der Waals surface area contributed by atoms with E-state index in [1.165, 1.54) is 4.90 Å². The van der Waals surface area contributed by atoms with Crippen molar-refractivity contribution in [3.05, 3.63) is 53.4 Å². The number of hydrogen-bond acceptors (Lipinski definition) is 5. The Hall–Kier alpha value is -2.19. The highest BCUT2D eigenvalue weighted by Gasteiger charge is 2.32. The second-order valence-electron chi connectivity index (χ2n) is 6.09. The SMILES string of the molecule is O=C(NC[C@H](c1ccccc1)S(=O)(=O)c1cccs1)C(=O)N1CCCC1. The van der Waals surface area contributed by atoms with Gasteiger partial charge in [-0.15, -0.1) is 11.3 Å². The Morgan fingerprint density at radius 1 is 1.08 bits per heavy atom. The number of carbonyl (C=O) groups excluding carboxylic acids is 2. The Morgan fingerprint density at radius 3 is 2.38 bits per heavy atom. The molecule has 1 aliphatic heterocycles. The molecule has 0 radical (unpaired) electrons. The Morgan fingerprint density at radius 2 is 1.77 bits per heavy atom. The highest BCUT2D eigenvalue weighted by molar-refractivity contribution is 7.93. The van der Waals surface area contributed by atoms with Gasteiger partial charge in [-0.3, -0.25) is 9.59 Å². The van der Waals surface area contributed by atoms with E-state index >= 15 is 0 Å². The lowest BCUT2D eigenvalue weighted by Crippen LogP contribution is -2.43. The van der Waals surface area contributed by atoms with Gasteiger partial charge < -0.3 is 10.2 Å². The average Bonchev–Trinajstić information content (AvgIpc) is 3.35. The van der Waals surface area contributed by atoms with Crippen molar-refractivity contribution in [1.29, 1.82) is 0 Å². The van der Waals surface area contributed by atoms with Crippen molar-refractivity contribution in [1.82, 2.24) is 10.2 Å². The number of nitrogens with zero attached hydrogens (tertiary/aromatic N) is 1. The Bertz CT molecular complexity index is 858. The second kappa shape index (κ2) is 8.01. The van der Waals surface area contributed by atoms with Crippen molar-refractivity contribution in [2.45, 2.75) is 22.3 Å². The molecule has 26 heavy (non-hydrogen) atoms. The van der Waals surface area contributed by atoms with Crippen LogP contribution in [0, 0.1) is 0 Å². The Kier molecular flexibility index (Phi) is 5.73. The number of thiophene rings is 1. The normalized spacial score (nSPS) is 15.6. The summed E-state index contributed by atoms with van der Waals surface area (Å²) in [6.45, 7) is 0.992. The number of benzene rings is 1. The van der Waals surface area contributed by atoms with Gasteiger partial charge in [-0.25, -0.2) is 8.42 Å². The summed E-state index contributed by atoms with van der Waals surface area (Å²) in [5.74, 6) is -1.35. The molecule has 0 spiro atoms. The standard InChI is InChI=1S/C18H20N2O4S2/c21-17(18(22)20-10-4-5-11-20)19-13-15(14-7-2-1-3-8-14)26(23,24)16-9-6-12-25-16/h1-3,6-9,12,15H,4-5,10-11,13H2,(H,19,21)/t15-/m1/s1. The van der Waals surface area contributed by atoms with E-state index in [4.69, 9.17) is 0 Å². The van der Waals surface area contributed by atoms with Gasteiger partial charge in [-0.05, 0) is 29.9 Å². The Balaban J connectivity index is 1.79. The van der Waals surface area contributed by atoms with Crippen LogP contribution in [0.25, 0.3) is 0 Å². The van der Waals surface area contributed by atoms with Crippen LogP contribution in [0.5, 0.6) is 0 Å². The minimum Gasteiger partial charge on any atom is -0.346 e. The maximum Gasteiger partial charge on any atom is 0.311 e. The molecule has 6 nitrogen and oxygen atoms in total. The van der Waals surface area contributed by atoms with Crippen molar-refractivity contribution < 1.29 is 18.0 Å². The van der Waals surface area contributed by atoms with Crippen molar-refractivity contribution in [3.8, 4) is 0 Å². The highest BCUT2D eigenvalue weighted by Crippen LogP contribution is 2.31. The summed E-state index contributed by atoms with van der Waals surface area (Å²) in [5.41, 5.74) is 0.579. The molecule has 0 saturated carbocycles. The topological polar surface area (TPSA) is 83.5 Å². The van der Waals surface area contributed by atoms with Gasteiger partial charge >= 0.3 is 11.8 Å². The predicted octanol–water partition coefficient (Wildman–Crippen LogP) is 2.00. The molecule has 1 fully saturated rings. The van der Waals surface area contributed by atoms with Crippen LogP contribution in [0.4, 0.5) is 0 Å². The number of amides is 2. The van der Waals surface area contributed by atoms with Crippen molar-refractivity contribution in [2.75, 3.05) is 19.6 Å². The van der Waals surface area contributed by atoms with E-state index in [2.05, 4.69) is 5.32 Å². The monoisotopic (exact) mass is 392 g/mol. The zero-order chi connectivity index (χ0) is 18.6. The van der Waals surface area contributed by atoms with Crippen LogP contribution in [0.3, 0.4) is 0 Å². The predicted molar refractivity (Wildman–Crippen MR) is 99.5 cm³/mol. The first kappa shape index (κ1) is 18.6. The van der Waals surface area contributed by atoms with Crippen molar-refractivity contribution >= 4 is 33.0 Å². The molecular weight excluding hydrogens is 372 g/mol. The van der Waals surface area contributed by atoms with Crippen LogP contribution in [-0.2, 0) is 19.4 Å². The van der Waals surface area contributed by atoms with Gasteiger partial charge in [0.15, 0.2) is 9.84 Å². The van der Waals surface area contributed by atoms with E-state index < -0.39 is 26.9 Å². The molecule has 0 aliphatic carbocycles.